The number of ether oxygens (including phenoxy) is 1. The molecular formula is C11H16O2. The molecule has 0 saturated heterocycles. The monoisotopic (exact) mass is 180 g/mol. The van der Waals surface area contributed by atoms with E-state index >= 15 is 0 Å². The summed E-state index contributed by atoms with van der Waals surface area (Å²) in [7, 11) is 0. The second-order valence-corrected chi connectivity index (χ2v) is 2.90. The van der Waals surface area contributed by atoms with Crippen molar-refractivity contribution >= 4 is 5.97 Å². The fraction of sp³-hybridized carbons (Fsp3) is 0.364. The summed E-state index contributed by atoms with van der Waals surface area (Å²) >= 11 is 0. The van der Waals surface area contributed by atoms with Crippen LogP contribution < -0.4 is 0 Å². The van der Waals surface area contributed by atoms with Crippen molar-refractivity contribution in [3.05, 3.63) is 37.0 Å². The van der Waals surface area contributed by atoms with Gasteiger partial charge in [-0.1, -0.05) is 31.7 Å². The van der Waals surface area contributed by atoms with E-state index in [2.05, 4.69) is 13.2 Å². The fourth-order valence-corrected chi connectivity index (χ4v) is 0.596. The van der Waals surface area contributed by atoms with Crippen LogP contribution in [0, 0.1) is 5.92 Å². The van der Waals surface area contributed by atoms with Crippen LogP contribution in [0.5, 0.6) is 0 Å². The van der Waals surface area contributed by atoms with E-state index in [1.54, 1.807) is 13.0 Å². The van der Waals surface area contributed by atoms with E-state index in [1.807, 2.05) is 19.1 Å². The highest BCUT2D eigenvalue weighted by Gasteiger charge is 1.99. The average Bonchev–Trinajstić information content (AvgIpc) is 2.11. The summed E-state index contributed by atoms with van der Waals surface area (Å²) < 4.78 is 4.84. The van der Waals surface area contributed by atoms with Gasteiger partial charge in [-0.05, 0) is 12.8 Å². The molecule has 0 heterocycles. The lowest BCUT2D eigenvalue weighted by molar-refractivity contribution is -0.137. The van der Waals surface area contributed by atoms with Gasteiger partial charge in [0.05, 0.1) is 0 Å². The minimum atomic E-state index is -0.351. The molecule has 0 fully saturated rings. The minimum Gasteiger partial charge on any atom is -0.458 e. The van der Waals surface area contributed by atoms with E-state index in [0.29, 0.717) is 18.1 Å². The third-order valence-corrected chi connectivity index (χ3v) is 1.47. The van der Waals surface area contributed by atoms with Crippen molar-refractivity contribution in [1.82, 2.24) is 0 Å². The van der Waals surface area contributed by atoms with Crippen LogP contribution in [0.2, 0.25) is 0 Å². The first-order valence-corrected chi connectivity index (χ1v) is 4.19. The number of carbonyl (C=O) groups is 1. The molecule has 0 amide bonds. The molecule has 0 radical (unpaired) electrons. The molecule has 0 spiro atoms. The molecular weight excluding hydrogens is 164 g/mol. The van der Waals surface area contributed by atoms with E-state index in [-0.39, 0.29) is 5.97 Å². The molecule has 0 aromatic carbocycles. The van der Waals surface area contributed by atoms with E-state index in [1.165, 1.54) is 0 Å². The Labute approximate surface area is 79.6 Å². The summed E-state index contributed by atoms with van der Waals surface area (Å²) in [5.41, 5.74) is 0.421. The van der Waals surface area contributed by atoms with Crippen molar-refractivity contribution in [2.24, 2.45) is 5.92 Å². The summed E-state index contributed by atoms with van der Waals surface area (Å²) in [6.07, 6.45) is 5.54. The van der Waals surface area contributed by atoms with Gasteiger partial charge in [-0.15, -0.1) is 6.58 Å². The lowest BCUT2D eigenvalue weighted by atomic mass is 10.2. The third kappa shape index (κ3) is 5.91. The Morgan fingerprint density at radius 1 is 1.62 bits per heavy atom. The summed E-state index contributed by atoms with van der Waals surface area (Å²) in [5, 5.41) is 0. The van der Waals surface area contributed by atoms with Crippen LogP contribution in [0.25, 0.3) is 0 Å². The third-order valence-electron chi connectivity index (χ3n) is 1.47. The average molecular weight is 180 g/mol. The normalized spacial score (nSPS) is 12.5. The first-order chi connectivity index (χ1) is 6.07. The first kappa shape index (κ1) is 11.7. The summed E-state index contributed by atoms with van der Waals surface area (Å²) in [6, 6.07) is 0. The summed E-state index contributed by atoms with van der Waals surface area (Å²) in [6.45, 7) is 11.0. The van der Waals surface area contributed by atoms with Gasteiger partial charge in [-0.25, -0.2) is 4.79 Å². The van der Waals surface area contributed by atoms with Gasteiger partial charge >= 0.3 is 5.97 Å². The Morgan fingerprint density at radius 2 is 2.23 bits per heavy atom. The number of allylic oxidation sites excluding steroid dienone is 2. The van der Waals surface area contributed by atoms with Crippen LogP contribution in [-0.4, -0.2) is 12.6 Å². The lowest BCUT2D eigenvalue weighted by Crippen LogP contribution is -2.04. The van der Waals surface area contributed by atoms with Gasteiger partial charge in [0.15, 0.2) is 0 Å². The maximum atomic E-state index is 10.9. The van der Waals surface area contributed by atoms with Crippen molar-refractivity contribution in [2.45, 2.75) is 13.8 Å². The van der Waals surface area contributed by atoms with Crippen LogP contribution in [0.3, 0.4) is 0 Å². The SMILES string of the molecule is C=CC(C)C=CCOC(=O)C(=C)C. The number of hydrogen-bond donors (Lipinski definition) is 0. The molecule has 0 aliphatic heterocycles. The molecule has 13 heavy (non-hydrogen) atoms. The molecule has 0 bridgehead atoms. The Morgan fingerprint density at radius 3 is 2.69 bits per heavy atom. The highest BCUT2D eigenvalue weighted by molar-refractivity contribution is 5.86. The highest BCUT2D eigenvalue weighted by atomic mass is 16.5. The van der Waals surface area contributed by atoms with Gasteiger partial charge in [0, 0.05) is 5.57 Å². The van der Waals surface area contributed by atoms with Gasteiger partial charge in [-0.3, -0.25) is 0 Å². The summed E-state index contributed by atoms with van der Waals surface area (Å²) in [4.78, 5) is 10.9. The topological polar surface area (TPSA) is 26.3 Å². The first-order valence-electron chi connectivity index (χ1n) is 4.19. The Kier molecular flexibility index (Phi) is 5.60. The Balaban J connectivity index is 3.67. The van der Waals surface area contributed by atoms with Crippen molar-refractivity contribution < 1.29 is 9.53 Å². The highest BCUT2D eigenvalue weighted by Crippen LogP contribution is 1.97. The van der Waals surface area contributed by atoms with Crippen LogP contribution in [-0.2, 0) is 9.53 Å². The molecule has 0 saturated carbocycles. The molecule has 2 nitrogen and oxygen atoms in total. The van der Waals surface area contributed by atoms with Gasteiger partial charge < -0.3 is 4.74 Å². The quantitative estimate of drug-likeness (QED) is 0.369. The number of esters is 1. The lowest BCUT2D eigenvalue weighted by Gasteiger charge is -2.00. The van der Waals surface area contributed by atoms with E-state index in [9.17, 15) is 4.79 Å². The zero-order valence-corrected chi connectivity index (χ0v) is 8.25. The molecule has 0 N–H and O–H groups in total. The van der Waals surface area contributed by atoms with E-state index in [4.69, 9.17) is 4.74 Å². The molecule has 2 heteroatoms. The molecule has 0 aromatic heterocycles. The Bertz CT molecular complexity index is 226. The molecule has 0 aromatic rings. The Hall–Kier alpha value is -1.31. The van der Waals surface area contributed by atoms with Crippen molar-refractivity contribution in [1.29, 1.82) is 0 Å². The minimum absolute atomic E-state index is 0.296. The number of rotatable bonds is 5. The fourth-order valence-electron chi connectivity index (χ4n) is 0.596. The zero-order valence-electron chi connectivity index (χ0n) is 8.25. The molecule has 0 rings (SSSR count). The van der Waals surface area contributed by atoms with Crippen molar-refractivity contribution in [3.63, 3.8) is 0 Å². The molecule has 72 valence electrons. The summed E-state index contributed by atoms with van der Waals surface area (Å²) in [5.74, 6) is -0.0422. The number of carbonyl (C=O) groups excluding carboxylic acids is 1. The molecule has 0 aliphatic rings. The molecule has 1 unspecified atom stereocenters. The van der Waals surface area contributed by atoms with Crippen LogP contribution in [0.4, 0.5) is 0 Å². The maximum Gasteiger partial charge on any atom is 0.333 e. The van der Waals surface area contributed by atoms with Crippen LogP contribution in [0.15, 0.2) is 37.0 Å². The second kappa shape index (κ2) is 6.23. The molecule has 0 aliphatic carbocycles. The van der Waals surface area contributed by atoms with Gasteiger partial charge in [0.1, 0.15) is 6.61 Å². The van der Waals surface area contributed by atoms with Gasteiger partial charge in [0.2, 0.25) is 0 Å². The van der Waals surface area contributed by atoms with Crippen LogP contribution >= 0.6 is 0 Å². The van der Waals surface area contributed by atoms with Gasteiger partial charge in [0.25, 0.3) is 0 Å². The predicted molar refractivity (Wildman–Crippen MR) is 54.3 cm³/mol. The van der Waals surface area contributed by atoms with Crippen molar-refractivity contribution in [3.8, 4) is 0 Å². The smallest absolute Gasteiger partial charge is 0.333 e. The predicted octanol–water partition coefficient (Wildman–Crippen LogP) is 2.48. The van der Waals surface area contributed by atoms with Crippen molar-refractivity contribution in [2.75, 3.05) is 6.61 Å². The van der Waals surface area contributed by atoms with Gasteiger partial charge in [-0.2, -0.15) is 0 Å². The largest absolute Gasteiger partial charge is 0.458 e. The van der Waals surface area contributed by atoms with E-state index < -0.39 is 0 Å². The zero-order chi connectivity index (χ0) is 10.3. The maximum absolute atomic E-state index is 10.9. The van der Waals surface area contributed by atoms with Crippen LogP contribution in [0.1, 0.15) is 13.8 Å². The second-order valence-electron chi connectivity index (χ2n) is 2.90. The standard InChI is InChI=1S/C11H16O2/c1-5-10(4)7-6-8-13-11(12)9(2)3/h5-7,10H,1-2,8H2,3-4H3. The van der Waals surface area contributed by atoms with E-state index in [0.717, 1.165) is 0 Å². The number of hydrogen-bond acceptors (Lipinski definition) is 2. The molecule has 1 atom stereocenters.